The van der Waals surface area contributed by atoms with Gasteiger partial charge in [-0.2, -0.15) is 18.4 Å². The van der Waals surface area contributed by atoms with E-state index in [-0.39, 0.29) is 19.4 Å². The molecule has 0 heterocycles. The van der Waals surface area contributed by atoms with Crippen molar-refractivity contribution >= 4 is 11.9 Å². The fraction of sp³-hybridized carbons (Fsp3) is 0.800. The highest BCUT2D eigenvalue weighted by Gasteiger charge is 2.37. The Morgan fingerprint density at radius 1 is 1.22 bits per heavy atom. The van der Waals surface area contributed by atoms with Crippen LogP contribution in [0.5, 0.6) is 0 Å². The standard InChI is InChI=1S/C15H22F3NO4/c1-4-14(3,13(21)23-9-6-15(16,17)18)10-11(2)12(20)22-8-5-7-19/h11H,4-6,8-10H2,1-3H3. The number of carbonyl (C=O) groups is 2. The minimum atomic E-state index is -4.39. The lowest BCUT2D eigenvalue weighted by molar-refractivity contribution is -0.168. The summed E-state index contributed by atoms with van der Waals surface area (Å²) in [6, 6.07) is 1.83. The molecule has 23 heavy (non-hydrogen) atoms. The van der Waals surface area contributed by atoms with Crippen molar-refractivity contribution in [2.24, 2.45) is 11.3 Å². The number of halogens is 3. The Balaban J connectivity index is 4.54. The van der Waals surface area contributed by atoms with Gasteiger partial charge in [-0.3, -0.25) is 9.59 Å². The molecule has 0 aromatic heterocycles. The molecule has 0 saturated heterocycles. The van der Waals surface area contributed by atoms with Crippen LogP contribution >= 0.6 is 0 Å². The first-order valence-corrected chi connectivity index (χ1v) is 7.33. The summed E-state index contributed by atoms with van der Waals surface area (Å²) in [5.74, 6) is -1.95. The molecular weight excluding hydrogens is 315 g/mol. The second-order valence-corrected chi connectivity index (χ2v) is 5.60. The molecule has 2 unspecified atom stereocenters. The average molecular weight is 337 g/mol. The van der Waals surface area contributed by atoms with Gasteiger partial charge in [-0.25, -0.2) is 0 Å². The minimum Gasteiger partial charge on any atom is -0.465 e. The zero-order valence-electron chi connectivity index (χ0n) is 13.5. The first kappa shape index (κ1) is 21.2. The van der Waals surface area contributed by atoms with Gasteiger partial charge in [-0.1, -0.05) is 13.8 Å². The molecule has 0 rings (SSSR count). The van der Waals surface area contributed by atoms with Crippen molar-refractivity contribution in [1.82, 2.24) is 0 Å². The van der Waals surface area contributed by atoms with E-state index in [1.54, 1.807) is 20.8 Å². The number of hydrogen-bond donors (Lipinski definition) is 0. The molecule has 0 radical (unpaired) electrons. The Morgan fingerprint density at radius 3 is 2.30 bits per heavy atom. The molecule has 0 aliphatic carbocycles. The Kier molecular flexibility index (Phi) is 8.65. The Morgan fingerprint density at radius 2 is 1.83 bits per heavy atom. The van der Waals surface area contributed by atoms with Gasteiger partial charge in [0.05, 0.1) is 36.9 Å². The average Bonchev–Trinajstić information content (AvgIpc) is 2.45. The highest BCUT2D eigenvalue weighted by atomic mass is 19.4. The molecule has 8 heteroatoms. The predicted molar refractivity (Wildman–Crippen MR) is 75.0 cm³/mol. The lowest BCUT2D eigenvalue weighted by atomic mass is 9.79. The smallest absolute Gasteiger partial charge is 0.392 e. The molecule has 0 aromatic carbocycles. The van der Waals surface area contributed by atoms with E-state index in [9.17, 15) is 22.8 Å². The van der Waals surface area contributed by atoms with E-state index in [1.807, 2.05) is 6.07 Å². The van der Waals surface area contributed by atoms with Gasteiger partial charge in [0.15, 0.2) is 0 Å². The third-order valence-electron chi connectivity index (χ3n) is 3.51. The summed E-state index contributed by atoms with van der Waals surface area (Å²) in [5, 5.41) is 8.37. The largest absolute Gasteiger partial charge is 0.465 e. The van der Waals surface area contributed by atoms with Crippen molar-refractivity contribution in [3.8, 4) is 6.07 Å². The maximum absolute atomic E-state index is 12.1. The van der Waals surface area contributed by atoms with Gasteiger partial charge in [0.2, 0.25) is 0 Å². The molecule has 0 amide bonds. The highest BCUT2D eigenvalue weighted by molar-refractivity contribution is 5.78. The zero-order chi connectivity index (χ0) is 18.1. The summed E-state index contributed by atoms with van der Waals surface area (Å²) in [6.07, 6.45) is -5.11. The number of nitriles is 1. The topological polar surface area (TPSA) is 76.4 Å². The molecule has 0 aliphatic heterocycles. The number of esters is 2. The van der Waals surface area contributed by atoms with Crippen LogP contribution in [-0.2, 0) is 19.1 Å². The monoisotopic (exact) mass is 337 g/mol. The lowest BCUT2D eigenvalue weighted by Gasteiger charge is -2.28. The molecule has 0 aromatic rings. The van der Waals surface area contributed by atoms with E-state index in [0.29, 0.717) is 6.42 Å². The van der Waals surface area contributed by atoms with E-state index in [1.165, 1.54) is 0 Å². The van der Waals surface area contributed by atoms with E-state index in [4.69, 9.17) is 14.7 Å². The molecule has 0 N–H and O–H groups in total. The van der Waals surface area contributed by atoms with Crippen molar-refractivity contribution in [2.45, 2.75) is 52.6 Å². The summed E-state index contributed by atoms with van der Waals surface area (Å²) in [5.41, 5.74) is -1.07. The summed E-state index contributed by atoms with van der Waals surface area (Å²) < 4.78 is 45.8. The van der Waals surface area contributed by atoms with Crippen molar-refractivity contribution in [3.05, 3.63) is 0 Å². The summed E-state index contributed by atoms with van der Waals surface area (Å²) in [7, 11) is 0. The van der Waals surface area contributed by atoms with Crippen LogP contribution in [0.25, 0.3) is 0 Å². The van der Waals surface area contributed by atoms with Gasteiger partial charge in [-0.05, 0) is 19.8 Å². The molecule has 0 spiro atoms. The first-order valence-electron chi connectivity index (χ1n) is 7.33. The van der Waals surface area contributed by atoms with Gasteiger partial charge in [0.25, 0.3) is 0 Å². The first-order chi connectivity index (χ1) is 10.6. The number of alkyl halides is 3. The van der Waals surface area contributed by atoms with Crippen LogP contribution in [0.1, 0.15) is 46.5 Å². The molecule has 0 saturated carbocycles. The van der Waals surface area contributed by atoms with Crippen molar-refractivity contribution < 1.29 is 32.2 Å². The Hall–Kier alpha value is -1.78. The second kappa shape index (κ2) is 9.38. The SMILES string of the molecule is CCC(C)(CC(C)C(=O)OCCC#N)C(=O)OCCC(F)(F)F. The van der Waals surface area contributed by atoms with E-state index in [0.717, 1.165) is 0 Å². The van der Waals surface area contributed by atoms with Crippen LogP contribution in [0, 0.1) is 22.7 Å². The minimum absolute atomic E-state index is 0.0292. The molecule has 2 atom stereocenters. The van der Waals surface area contributed by atoms with Crippen LogP contribution in [0.15, 0.2) is 0 Å². The fourth-order valence-corrected chi connectivity index (χ4v) is 1.90. The number of carbonyl (C=O) groups excluding carboxylic acids is 2. The van der Waals surface area contributed by atoms with Crippen LogP contribution in [-0.4, -0.2) is 31.3 Å². The summed E-state index contributed by atoms with van der Waals surface area (Å²) in [4.78, 5) is 23.8. The van der Waals surface area contributed by atoms with Crippen LogP contribution in [0.4, 0.5) is 13.2 Å². The summed E-state index contributed by atoms with van der Waals surface area (Å²) >= 11 is 0. The molecule has 132 valence electrons. The van der Waals surface area contributed by atoms with Crippen LogP contribution in [0.3, 0.4) is 0 Å². The number of hydrogen-bond acceptors (Lipinski definition) is 5. The number of ether oxygens (including phenoxy) is 2. The second-order valence-electron chi connectivity index (χ2n) is 5.60. The normalized spacial score (nSPS) is 15.2. The number of nitrogens with zero attached hydrogens (tertiary/aromatic N) is 1. The number of rotatable bonds is 9. The van der Waals surface area contributed by atoms with Crippen molar-refractivity contribution in [3.63, 3.8) is 0 Å². The Labute approximate surface area is 133 Å². The van der Waals surface area contributed by atoms with Gasteiger partial charge in [0, 0.05) is 0 Å². The molecule has 0 aliphatic rings. The third-order valence-corrected chi connectivity index (χ3v) is 3.51. The van der Waals surface area contributed by atoms with Gasteiger partial charge >= 0.3 is 18.1 Å². The molecular formula is C15H22F3NO4. The third kappa shape index (κ3) is 8.43. The van der Waals surface area contributed by atoms with Crippen LogP contribution in [0.2, 0.25) is 0 Å². The maximum Gasteiger partial charge on any atom is 0.392 e. The maximum atomic E-state index is 12.1. The highest BCUT2D eigenvalue weighted by Crippen LogP contribution is 2.32. The van der Waals surface area contributed by atoms with Crippen molar-refractivity contribution in [1.29, 1.82) is 5.26 Å². The molecule has 0 fully saturated rings. The zero-order valence-corrected chi connectivity index (χ0v) is 13.5. The van der Waals surface area contributed by atoms with Gasteiger partial charge in [-0.15, -0.1) is 0 Å². The summed E-state index contributed by atoms with van der Waals surface area (Å²) in [6.45, 7) is 4.03. The van der Waals surface area contributed by atoms with Crippen molar-refractivity contribution in [2.75, 3.05) is 13.2 Å². The van der Waals surface area contributed by atoms with E-state index >= 15 is 0 Å². The Bertz CT molecular complexity index is 445. The van der Waals surface area contributed by atoms with E-state index < -0.39 is 42.5 Å². The predicted octanol–water partition coefficient (Wildman–Crippen LogP) is 3.38. The molecule has 0 bridgehead atoms. The van der Waals surface area contributed by atoms with Gasteiger partial charge in [0.1, 0.15) is 6.61 Å². The van der Waals surface area contributed by atoms with Gasteiger partial charge < -0.3 is 9.47 Å². The lowest BCUT2D eigenvalue weighted by Crippen LogP contribution is -2.34. The van der Waals surface area contributed by atoms with E-state index in [2.05, 4.69) is 0 Å². The van der Waals surface area contributed by atoms with Crippen LogP contribution < -0.4 is 0 Å². The quantitative estimate of drug-likeness (QED) is 0.476. The molecule has 5 nitrogen and oxygen atoms in total. The fourth-order valence-electron chi connectivity index (χ4n) is 1.90.